The van der Waals surface area contributed by atoms with Crippen molar-refractivity contribution >= 4 is 23.2 Å². The van der Waals surface area contributed by atoms with Crippen LogP contribution in [0.25, 0.3) is 0 Å². The molecular formula is C22H26N2O3S. The molecule has 0 atom stereocenters. The number of hydrogen-bond donors (Lipinski definition) is 1. The van der Waals surface area contributed by atoms with Gasteiger partial charge >= 0.3 is 0 Å². The van der Waals surface area contributed by atoms with Gasteiger partial charge in [0.05, 0.1) is 5.41 Å². The van der Waals surface area contributed by atoms with Crippen LogP contribution in [-0.2, 0) is 15.0 Å². The highest BCUT2D eigenvalue weighted by atomic mass is 32.1. The lowest BCUT2D eigenvalue weighted by Crippen LogP contribution is -2.44. The van der Waals surface area contributed by atoms with E-state index in [1.165, 1.54) is 4.88 Å². The largest absolute Gasteiger partial charge is 0.484 e. The molecule has 0 spiro atoms. The smallest absolute Gasteiger partial charge is 0.260 e. The summed E-state index contributed by atoms with van der Waals surface area (Å²) in [6.07, 6.45) is 3.74. The van der Waals surface area contributed by atoms with Crippen LogP contribution in [0.2, 0.25) is 0 Å². The zero-order valence-corrected chi connectivity index (χ0v) is 16.7. The molecule has 28 heavy (non-hydrogen) atoms. The number of thiophene rings is 1. The number of ether oxygens (including phenoxy) is 1. The number of carbonyl (C=O) groups is 2. The highest BCUT2D eigenvalue weighted by molar-refractivity contribution is 7.10. The van der Waals surface area contributed by atoms with Gasteiger partial charge in [-0.3, -0.25) is 9.59 Å². The second kappa shape index (κ2) is 8.35. The summed E-state index contributed by atoms with van der Waals surface area (Å²) < 4.78 is 5.56. The maximum Gasteiger partial charge on any atom is 0.260 e. The number of para-hydroxylation sites is 1. The van der Waals surface area contributed by atoms with Gasteiger partial charge in [0.1, 0.15) is 5.75 Å². The van der Waals surface area contributed by atoms with Gasteiger partial charge in [-0.2, -0.15) is 0 Å². The molecule has 2 fully saturated rings. The number of amides is 2. The summed E-state index contributed by atoms with van der Waals surface area (Å²) in [7, 11) is 0. The van der Waals surface area contributed by atoms with Gasteiger partial charge < -0.3 is 15.0 Å². The summed E-state index contributed by atoms with van der Waals surface area (Å²) in [5.74, 6) is 1.35. The van der Waals surface area contributed by atoms with Crippen LogP contribution in [0.15, 0.2) is 47.8 Å². The van der Waals surface area contributed by atoms with E-state index in [1.54, 1.807) is 11.3 Å². The number of piperidine rings is 1. The van der Waals surface area contributed by atoms with Crippen molar-refractivity contribution in [1.82, 2.24) is 10.2 Å². The summed E-state index contributed by atoms with van der Waals surface area (Å²) >= 11 is 1.67. The Balaban J connectivity index is 1.18. The van der Waals surface area contributed by atoms with Crippen molar-refractivity contribution in [1.29, 1.82) is 0 Å². The van der Waals surface area contributed by atoms with Crippen LogP contribution < -0.4 is 10.1 Å². The zero-order chi connectivity index (χ0) is 19.4. The van der Waals surface area contributed by atoms with E-state index in [4.69, 9.17) is 4.74 Å². The molecule has 5 nitrogen and oxygen atoms in total. The van der Waals surface area contributed by atoms with E-state index >= 15 is 0 Å². The Bertz CT molecular complexity index is 794. The molecule has 1 saturated heterocycles. The molecule has 2 aliphatic rings. The first-order valence-electron chi connectivity index (χ1n) is 9.95. The topological polar surface area (TPSA) is 58.6 Å². The van der Waals surface area contributed by atoms with Crippen molar-refractivity contribution in [2.24, 2.45) is 5.92 Å². The van der Waals surface area contributed by atoms with Crippen LogP contribution in [0.4, 0.5) is 0 Å². The number of likely N-dealkylation sites (tertiary alicyclic amines) is 1. The molecular weight excluding hydrogens is 372 g/mol. The number of rotatable bonds is 7. The van der Waals surface area contributed by atoms with Crippen LogP contribution in [0.5, 0.6) is 5.75 Å². The van der Waals surface area contributed by atoms with E-state index in [0.717, 1.165) is 38.8 Å². The molecule has 2 aromatic rings. The van der Waals surface area contributed by atoms with Crippen LogP contribution in [0, 0.1) is 5.92 Å². The summed E-state index contributed by atoms with van der Waals surface area (Å²) in [5.41, 5.74) is -0.264. The molecule has 2 amide bonds. The molecule has 1 aromatic heterocycles. The van der Waals surface area contributed by atoms with Crippen LogP contribution in [0.3, 0.4) is 0 Å². The van der Waals surface area contributed by atoms with Gasteiger partial charge in [0, 0.05) is 24.5 Å². The van der Waals surface area contributed by atoms with Crippen molar-refractivity contribution in [3.63, 3.8) is 0 Å². The minimum atomic E-state index is -0.264. The fourth-order valence-corrected chi connectivity index (χ4v) is 4.79. The first kappa shape index (κ1) is 19.0. The molecule has 1 aliphatic carbocycles. The lowest BCUT2D eigenvalue weighted by molar-refractivity contribution is -0.135. The Labute approximate surface area is 169 Å². The van der Waals surface area contributed by atoms with Gasteiger partial charge in [-0.25, -0.2) is 0 Å². The number of benzene rings is 1. The Morgan fingerprint density at radius 1 is 1.11 bits per heavy atom. The van der Waals surface area contributed by atoms with Crippen LogP contribution >= 0.6 is 11.3 Å². The summed E-state index contributed by atoms with van der Waals surface area (Å²) in [6, 6.07) is 13.5. The van der Waals surface area contributed by atoms with Gasteiger partial charge in [-0.1, -0.05) is 24.3 Å². The SMILES string of the molecule is O=C(COc1ccccc1)N1CCC(CNC(=O)C2(c3cccs3)CC2)CC1. The van der Waals surface area contributed by atoms with E-state index in [1.807, 2.05) is 46.7 Å². The predicted molar refractivity (Wildman–Crippen MR) is 109 cm³/mol. The normalized spacial score (nSPS) is 18.5. The molecule has 1 aromatic carbocycles. The maximum absolute atomic E-state index is 12.7. The fraction of sp³-hybridized carbons (Fsp3) is 0.455. The molecule has 1 aliphatic heterocycles. The Morgan fingerprint density at radius 3 is 2.50 bits per heavy atom. The molecule has 2 heterocycles. The Hall–Kier alpha value is -2.34. The quantitative estimate of drug-likeness (QED) is 0.779. The third-order valence-electron chi connectivity index (χ3n) is 5.80. The molecule has 1 saturated carbocycles. The first-order chi connectivity index (χ1) is 13.7. The Kier molecular flexibility index (Phi) is 5.67. The van der Waals surface area contributed by atoms with Crippen molar-refractivity contribution in [3.05, 3.63) is 52.7 Å². The summed E-state index contributed by atoms with van der Waals surface area (Å²) in [5, 5.41) is 5.21. The molecule has 1 N–H and O–H groups in total. The standard InChI is InChI=1S/C22H26N2O3S/c25-20(16-27-18-5-2-1-3-6-18)24-12-8-17(9-13-24)15-23-21(26)22(10-11-22)19-7-4-14-28-19/h1-7,14,17H,8-13,15-16H2,(H,23,26). The summed E-state index contributed by atoms with van der Waals surface area (Å²) in [4.78, 5) is 28.1. The lowest BCUT2D eigenvalue weighted by atomic mass is 9.96. The van der Waals surface area contributed by atoms with Gasteiger partial charge in [-0.15, -0.1) is 11.3 Å². The molecule has 148 valence electrons. The summed E-state index contributed by atoms with van der Waals surface area (Å²) in [6.45, 7) is 2.24. The van der Waals surface area contributed by atoms with Gasteiger partial charge in [0.2, 0.25) is 5.91 Å². The lowest BCUT2D eigenvalue weighted by Gasteiger charge is -2.32. The monoisotopic (exact) mass is 398 g/mol. The van der Waals surface area contributed by atoms with E-state index in [9.17, 15) is 9.59 Å². The number of hydrogen-bond acceptors (Lipinski definition) is 4. The fourth-order valence-electron chi connectivity index (χ4n) is 3.81. The van der Waals surface area contributed by atoms with Crippen molar-refractivity contribution in [2.45, 2.75) is 31.1 Å². The van der Waals surface area contributed by atoms with Crippen molar-refractivity contribution in [3.8, 4) is 5.75 Å². The third kappa shape index (κ3) is 4.22. The average Bonchev–Trinajstić information content (AvgIpc) is 3.37. The molecule has 4 rings (SSSR count). The second-order valence-corrected chi connectivity index (χ2v) is 8.64. The van der Waals surface area contributed by atoms with Gasteiger partial charge in [-0.05, 0) is 55.2 Å². The predicted octanol–water partition coefficient (Wildman–Crippen LogP) is 3.21. The average molecular weight is 399 g/mol. The van der Waals surface area contributed by atoms with E-state index in [2.05, 4.69) is 11.4 Å². The van der Waals surface area contributed by atoms with Gasteiger partial charge in [0.15, 0.2) is 6.61 Å². The number of nitrogens with one attached hydrogen (secondary N) is 1. The first-order valence-corrected chi connectivity index (χ1v) is 10.8. The number of nitrogens with zero attached hydrogens (tertiary/aromatic N) is 1. The van der Waals surface area contributed by atoms with Crippen molar-refractivity contribution in [2.75, 3.05) is 26.2 Å². The minimum Gasteiger partial charge on any atom is -0.484 e. The minimum absolute atomic E-state index is 0.0287. The highest BCUT2D eigenvalue weighted by Gasteiger charge is 2.52. The van der Waals surface area contributed by atoms with Crippen molar-refractivity contribution < 1.29 is 14.3 Å². The molecule has 0 unspecified atom stereocenters. The molecule has 0 bridgehead atoms. The highest BCUT2D eigenvalue weighted by Crippen LogP contribution is 2.50. The molecule has 6 heteroatoms. The van der Waals surface area contributed by atoms with E-state index in [-0.39, 0.29) is 23.8 Å². The van der Waals surface area contributed by atoms with Crippen LogP contribution in [0.1, 0.15) is 30.6 Å². The zero-order valence-electron chi connectivity index (χ0n) is 15.9. The van der Waals surface area contributed by atoms with Crippen LogP contribution in [-0.4, -0.2) is 43.0 Å². The van der Waals surface area contributed by atoms with E-state index < -0.39 is 0 Å². The Morgan fingerprint density at radius 2 is 1.86 bits per heavy atom. The third-order valence-corrected chi connectivity index (χ3v) is 6.88. The maximum atomic E-state index is 12.7. The molecule has 0 radical (unpaired) electrons. The number of carbonyl (C=O) groups excluding carboxylic acids is 2. The van der Waals surface area contributed by atoms with E-state index in [0.29, 0.717) is 18.2 Å². The second-order valence-electron chi connectivity index (χ2n) is 7.70. The van der Waals surface area contributed by atoms with Gasteiger partial charge in [0.25, 0.3) is 5.91 Å².